The Labute approximate surface area is 112 Å². The van der Waals surface area contributed by atoms with Crippen molar-refractivity contribution in [3.63, 3.8) is 0 Å². The molecule has 1 amide bonds. The molecule has 2 rings (SSSR count). The fraction of sp³-hybridized carbons (Fsp3) is 0.615. The van der Waals surface area contributed by atoms with Crippen molar-refractivity contribution >= 4 is 11.9 Å². The highest BCUT2D eigenvalue weighted by molar-refractivity contribution is 5.84. The average molecular weight is 265 g/mol. The zero-order valence-corrected chi connectivity index (χ0v) is 11.1. The van der Waals surface area contributed by atoms with Gasteiger partial charge in [-0.2, -0.15) is 5.10 Å². The average Bonchev–Trinajstić information content (AvgIpc) is 2.97. The van der Waals surface area contributed by atoms with Gasteiger partial charge in [0.25, 0.3) is 0 Å². The number of aryl methyl sites for hydroxylation is 1. The predicted octanol–water partition coefficient (Wildman–Crippen LogP) is 0.827. The Morgan fingerprint density at radius 2 is 2.26 bits per heavy atom. The van der Waals surface area contributed by atoms with Gasteiger partial charge in [-0.15, -0.1) is 0 Å². The third kappa shape index (κ3) is 3.33. The monoisotopic (exact) mass is 265 g/mol. The second-order valence-electron chi connectivity index (χ2n) is 4.64. The van der Waals surface area contributed by atoms with Crippen LogP contribution in [0.1, 0.15) is 25.7 Å². The van der Waals surface area contributed by atoms with Crippen molar-refractivity contribution in [3.05, 3.63) is 18.5 Å². The van der Waals surface area contributed by atoms with Crippen molar-refractivity contribution in [2.24, 2.45) is 0 Å². The number of hydrogen-bond donors (Lipinski definition) is 0. The number of nitrogens with zero attached hydrogens (tertiary/aromatic N) is 3. The van der Waals surface area contributed by atoms with E-state index >= 15 is 0 Å². The highest BCUT2D eigenvalue weighted by Crippen LogP contribution is 2.19. The normalized spacial score (nSPS) is 19.2. The Balaban J connectivity index is 1.93. The molecule has 1 atom stereocenters. The smallest absolute Gasteiger partial charge is 0.328 e. The number of rotatable bonds is 4. The van der Waals surface area contributed by atoms with Crippen molar-refractivity contribution in [1.82, 2.24) is 14.7 Å². The molecule has 1 aromatic rings. The van der Waals surface area contributed by atoms with E-state index in [2.05, 4.69) is 5.10 Å². The number of methoxy groups -OCH3 is 1. The fourth-order valence-corrected chi connectivity index (χ4v) is 2.40. The maximum Gasteiger partial charge on any atom is 0.328 e. The second kappa shape index (κ2) is 6.36. The summed E-state index contributed by atoms with van der Waals surface area (Å²) < 4.78 is 6.49. The number of hydrogen-bond acceptors (Lipinski definition) is 4. The van der Waals surface area contributed by atoms with E-state index < -0.39 is 6.04 Å². The van der Waals surface area contributed by atoms with Gasteiger partial charge in [-0.1, -0.05) is 0 Å². The van der Waals surface area contributed by atoms with Crippen LogP contribution in [-0.2, 0) is 20.9 Å². The third-order valence-electron chi connectivity index (χ3n) is 3.41. The molecule has 2 heterocycles. The first-order valence-electron chi connectivity index (χ1n) is 6.57. The zero-order valence-electron chi connectivity index (χ0n) is 11.1. The number of carbonyl (C=O) groups excluding carboxylic acids is 2. The van der Waals surface area contributed by atoms with Gasteiger partial charge < -0.3 is 9.64 Å². The summed E-state index contributed by atoms with van der Waals surface area (Å²) >= 11 is 0. The van der Waals surface area contributed by atoms with E-state index in [9.17, 15) is 9.59 Å². The number of esters is 1. The molecule has 104 valence electrons. The van der Waals surface area contributed by atoms with Crippen molar-refractivity contribution in [2.75, 3.05) is 13.7 Å². The van der Waals surface area contributed by atoms with Crippen LogP contribution in [-0.4, -0.2) is 46.3 Å². The molecule has 0 saturated carbocycles. The van der Waals surface area contributed by atoms with Crippen LogP contribution in [0.25, 0.3) is 0 Å². The minimum absolute atomic E-state index is 0.00870. The Bertz CT molecular complexity index is 430. The number of amides is 1. The number of aromatic nitrogens is 2. The van der Waals surface area contributed by atoms with Crippen LogP contribution in [0.15, 0.2) is 18.5 Å². The van der Waals surface area contributed by atoms with E-state index in [0.717, 1.165) is 12.8 Å². The van der Waals surface area contributed by atoms with E-state index in [1.807, 2.05) is 12.3 Å². The van der Waals surface area contributed by atoms with Crippen LogP contribution in [0, 0.1) is 0 Å². The molecule has 0 spiro atoms. The first-order valence-corrected chi connectivity index (χ1v) is 6.57. The van der Waals surface area contributed by atoms with E-state index in [0.29, 0.717) is 25.9 Å². The molecule has 0 aliphatic carbocycles. The number of piperidine rings is 1. The maximum atomic E-state index is 12.2. The largest absolute Gasteiger partial charge is 0.467 e. The first-order chi connectivity index (χ1) is 9.22. The minimum Gasteiger partial charge on any atom is -0.467 e. The summed E-state index contributed by atoms with van der Waals surface area (Å²) in [5.74, 6) is -0.322. The van der Waals surface area contributed by atoms with Gasteiger partial charge in [0.1, 0.15) is 6.04 Å². The summed E-state index contributed by atoms with van der Waals surface area (Å²) in [7, 11) is 1.36. The van der Waals surface area contributed by atoms with Gasteiger partial charge in [-0.25, -0.2) is 4.79 Å². The number of likely N-dealkylation sites (tertiary alicyclic amines) is 1. The van der Waals surface area contributed by atoms with Gasteiger partial charge >= 0.3 is 5.97 Å². The third-order valence-corrected chi connectivity index (χ3v) is 3.41. The lowest BCUT2D eigenvalue weighted by Crippen LogP contribution is -2.48. The first kappa shape index (κ1) is 13.6. The van der Waals surface area contributed by atoms with Crippen LogP contribution in [0.3, 0.4) is 0 Å². The van der Waals surface area contributed by atoms with Crippen molar-refractivity contribution in [2.45, 2.75) is 38.3 Å². The molecule has 0 N–H and O–H groups in total. The van der Waals surface area contributed by atoms with Crippen LogP contribution < -0.4 is 0 Å². The lowest BCUT2D eigenvalue weighted by molar-refractivity contribution is -0.154. The predicted molar refractivity (Wildman–Crippen MR) is 68.2 cm³/mol. The van der Waals surface area contributed by atoms with Crippen molar-refractivity contribution in [3.8, 4) is 0 Å². The standard InChI is InChI=1S/C13H19N3O3/c1-19-13(18)11-5-2-3-9-16(11)12(17)6-10-15-8-4-7-14-15/h4,7-8,11H,2-3,5-6,9-10H2,1H3. The Hall–Kier alpha value is -1.85. The summed E-state index contributed by atoms with van der Waals surface area (Å²) in [6, 6.07) is 1.41. The van der Waals surface area contributed by atoms with Crippen LogP contribution >= 0.6 is 0 Å². The molecule has 0 bridgehead atoms. The maximum absolute atomic E-state index is 12.2. The van der Waals surface area contributed by atoms with Gasteiger partial charge in [-0.05, 0) is 25.3 Å². The van der Waals surface area contributed by atoms with Gasteiger partial charge in [0, 0.05) is 31.9 Å². The highest BCUT2D eigenvalue weighted by Gasteiger charge is 2.32. The van der Waals surface area contributed by atoms with Crippen LogP contribution in [0.4, 0.5) is 0 Å². The molecule has 1 unspecified atom stereocenters. The minimum atomic E-state index is -0.413. The fourth-order valence-electron chi connectivity index (χ4n) is 2.40. The molecule has 1 aliphatic rings. The molecule has 0 aromatic carbocycles. The summed E-state index contributed by atoms with van der Waals surface area (Å²) in [6.45, 7) is 1.17. The second-order valence-corrected chi connectivity index (χ2v) is 4.64. The van der Waals surface area contributed by atoms with Gasteiger partial charge in [0.2, 0.25) is 5.91 Å². The van der Waals surface area contributed by atoms with Crippen molar-refractivity contribution in [1.29, 1.82) is 0 Å². The number of carbonyl (C=O) groups is 2. The van der Waals surface area contributed by atoms with E-state index in [-0.39, 0.29) is 11.9 Å². The topological polar surface area (TPSA) is 64.4 Å². The zero-order chi connectivity index (χ0) is 13.7. The summed E-state index contributed by atoms with van der Waals surface area (Å²) in [5.41, 5.74) is 0. The van der Waals surface area contributed by atoms with E-state index in [1.54, 1.807) is 15.8 Å². The molecule has 6 nitrogen and oxygen atoms in total. The lowest BCUT2D eigenvalue weighted by atomic mass is 10.0. The molecule has 1 aromatic heterocycles. The summed E-state index contributed by atoms with van der Waals surface area (Å²) in [4.78, 5) is 25.5. The van der Waals surface area contributed by atoms with Gasteiger partial charge in [0.05, 0.1) is 7.11 Å². The Morgan fingerprint density at radius 3 is 2.95 bits per heavy atom. The van der Waals surface area contributed by atoms with Crippen LogP contribution in [0.2, 0.25) is 0 Å². The molecule has 6 heteroatoms. The molecule has 1 aliphatic heterocycles. The highest BCUT2D eigenvalue weighted by atomic mass is 16.5. The lowest BCUT2D eigenvalue weighted by Gasteiger charge is -2.33. The Kier molecular flexibility index (Phi) is 4.54. The van der Waals surface area contributed by atoms with Gasteiger partial charge in [-0.3, -0.25) is 9.48 Å². The molecule has 0 radical (unpaired) electrons. The molecule has 1 fully saturated rings. The molecule has 19 heavy (non-hydrogen) atoms. The van der Waals surface area contributed by atoms with Gasteiger partial charge in [0.15, 0.2) is 0 Å². The van der Waals surface area contributed by atoms with Crippen LogP contribution in [0.5, 0.6) is 0 Å². The summed E-state index contributed by atoms with van der Waals surface area (Å²) in [6.07, 6.45) is 6.46. The van der Waals surface area contributed by atoms with E-state index in [1.165, 1.54) is 7.11 Å². The molecule has 1 saturated heterocycles. The Morgan fingerprint density at radius 1 is 1.42 bits per heavy atom. The number of ether oxygens (including phenoxy) is 1. The SMILES string of the molecule is COC(=O)C1CCCCN1C(=O)CCn1cccn1. The molecular weight excluding hydrogens is 246 g/mol. The van der Waals surface area contributed by atoms with E-state index in [4.69, 9.17) is 4.74 Å². The quantitative estimate of drug-likeness (QED) is 0.756. The molecular formula is C13H19N3O3. The van der Waals surface area contributed by atoms with Crippen molar-refractivity contribution < 1.29 is 14.3 Å². The summed E-state index contributed by atoms with van der Waals surface area (Å²) in [5, 5.41) is 4.06.